The first-order chi connectivity index (χ1) is 9.83. The highest BCUT2D eigenvalue weighted by atomic mass is 35.5. The molecule has 1 aromatic carbocycles. The van der Waals surface area contributed by atoms with Gasteiger partial charge in [0.15, 0.2) is 0 Å². The van der Waals surface area contributed by atoms with Crippen LogP contribution in [0.3, 0.4) is 0 Å². The van der Waals surface area contributed by atoms with Crippen molar-refractivity contribution in [3.63, 3.8) is 0 Å². The molecule has 0 saturated carbocycles. The van der Waals surface area contributed by atoms with Crippen molar-refractivity contribution >= 4 is 24.0 Å². The molecule has 2 nitrogen and oxygen atoms in total. The van der Waals surface area contributed by atoms with Gasteiger partial charge in [-0.25, -0.2) is 0 Å². The fourth-order valence-electron chi connectivity index (χ4n) is 4.64. The number of halogens is 2. The third-order valence-electron chi connectivity index (χ3n) is 6.34. The average molecular weight is 344 g/mol. The van der Waals surface area contributed by atoms with Crippen LogP contribution in [0.2, 0.25) is 5.02 Å². The van der Waals surface area contributed by atoms with Crippen molar-refractivity contribution in [1.29, 1.82) is 0 Å². The molecule has 0 radical (unpaired) electrons. The van der Waals surface area contributed by atoms with Gasteiger partial charge in [0.1, 0.15) is 5.75 Å². The number of aromatic hydroxyl groups is 1. The minimum atomic E-state index is 0. The molecule has 2 unspecified atom stereocenters. The van der Waals surface area contributed by atoms with Crippen molar-refractivity contribution in [1.82, 2.24) is 4.90 Å². The largest absolute Gasteiger partial charge is 0.506 e. The number of fused-ring (bicyclic) bond motifs is 2. The molecule has 124 valence electrons. The molecule has 1 aliphatic heterocycles. The maximum absolute atomic E-state index is 10.4. The smallest absolute Gasteiger partial charge is 0.137 e. The van der Waals surface area contributed by atoms with Gasteiger partial charge in [0.2, 0.25) is 0 Å². The van der Waals surface area contributed by atoms with Crippen LogP contribution < -0.4 is 0 Å². The number of likely N-dealkylation sites (tertiary alicyclic amines) is 1. The molecule has 2 aliphatic rings. The summed E-state index contributed by atoms with van der Waals surface area (Å²) in [6, 6.07) is 4.48. The number of nitrogens with zero attached hydrogens (tertiary/aromatic N) is 1. The Hall–Kier alpha value is -0.440. The third-order valence-corrected chi connectivity index (χ3v) is 6.64. The summed E-state index contributed by atoms with van der Waals surface area (Å²) in [4.78, 5) is 2.62. The van der Waals surface area contributed by atoms with Gasteiger partial charge < -0.3 is 5.11 Å². The van der Waals surface area contributed by atoms with Crippen molar-refractivity contribution in [2.24, 2.45) is 5.41 Å². The number of hydrogen-bond donors (Lipinski definition) is 1. The molecule has 3 rings (SSSR count). The van der Waals surface area contributed by atoms with Crippen molar-refractivity contribution < 1.29 is 5.11 Å². The lowest BCUT2D eigenvalue weighted by Crippen LogP contribution is -2.53. The topological polar surface area (TPSA) is 23.5 Å². The fourth-order valence-corrected chi connectivity index (χ4v) is 4.82. The second-order valence-corrected chi connectivity index (χ2v) is 7.88. The highest BCUT2D eigenvalue weighted by molar-refractivity contribution is 6.32. The third kappa shape index (κ3) is 2.26. The van der Waals surface area contributed by atoms with E-state index in [9.17, 15) is 5.11 Å². The van der Waals surface area contributed by atoms with Gasteiger partial charge in [-0.1, -0.05) is 45.4 Å². The van der Waals surface area contributed by atoms with E-state index in [4.69, 9.17) is 11.6 Å². The van der Waals surface area contributed by atoms with E-state index in [1.165, 1.54) is 24.9 Å². The van der Waals surface area contributed by atoms with Crippen LogP contribution in [0.4, 0.5) is 0 Å². The van der Waals surface area contributed by atoms with E-state index in [1.807, 2.05) is 6.07 Å². The van der Waals surface area contributed by atoms with Gasteiger partial charge in [-0.05, 0) is 54.8 Å². The number of rotatable bonds is 2. The maximum Gasteiger partial charge on any atom is 0.137 e. The Morgan fingerprint density at radius 3 is 2.64 bits per heavy atom. The Morgan fingerprint density at radius 1 is 1.32 bits per heavy atom. The van der Waals surface area contributed by atoms with Gasteiger partial charge in [0.05, 0.1) is 5.02 Å². The molecule has 1 aromatic rings. The lowest BCUT2D eigenvalue weighted by Gasteiger charge is -2.52. The molecule has 4 heteroatoms. The molecule has 2 atom stereocenters. The van der Waals surface area contributed by atoms with Gasteiger partial charge in [-0.15, -0.1) is 12.4 Å². The summed E-state index contributed by atoms with van der Waals surface area (Å²) >= 11 is 6.15. The van der Waals surface area contributed by atoms with Crippen LogP contribution in [0.1, 0.15) is 51.7 Å². The van der Waals surface area contributed by atoms with Crippen LogP contribution in [0.5, 0.6) is 5.75 Å². The van der Waals surface area contributed by atoms with Gasteiger partial charge in [-0.2, -0.15) is 0 Å². The molecule has 1 saturated heterocycles. The van der Waals surface area contributed by atoms with Crippen molar-refractivity contribution in [2.75, 3.05) is 13.1 Å². The summed E-state index contributed by atoms with van der Waals surface area (Å²) in [7, 11) is 0. The minimum Gasteiger partial charge on any atom is -0.506 e. The summed E-state index contributed by atoms with van der Waals surface area (Å²) in [5.74, 6) is 0.299. The number of phenols is 1. The molecule has 1 aliphatic carbocycles. The highest BCUT2D eigenvalue weighted by Crippen LogP contribution is 2.57. The Morgan fingerprint density at radius 2 is 2.00 bits per heavy atom. The second-order valence-electron chi connectivity index (χ2n) is 7.47. The lowest BCUT2D eigenvalue weighted by atomic mass is 9.54. The summed E-state index contributed by atoms with van der Waals surface area (Å²) in [5, 5.41) is 10.9. The summed E-state index contributed by atoms with van der Waals surface area (Å²) < 4.78 is 0. The van der Waals surface area contributed by atoms with E-state index in [1.54, 1.807) is 0 Å². The summed E-state index contributed by atoms with van der Waals surface area (Å²) in [6.07, 6.45) is 3.33. The number of hydrogen-bond acceptors (Lipinski definition) is 2. The quantitative estimate of drug-likeness (QED) is 0.834. The molecule has 1 N–H and O–H groups in total. The Balaban J connectivity index is 0.00000176. The molecule has 0 spiro atoms. The van der Waals surface area contributed by atoms with Crippen molar-refractivity contribution in [3.8, 4) is 5.75 Å². The molecule has 0 aromatic heterocycles. The van der Waals surface area contributed by atoms with Crippen molar-refractivity contribution in [2.45, 2.75) is 58.4 Å². The van der Waals surface area contributed by atoms with Crippen LogP contribution in [-0.4, -0.2) is 29.1 Å². The maximum atomic E-state index is 10.4. The van der Waals surface area contributed by atoms with E-state index in [0.717, 1.165) is 18.5 Å². The fraction of sp³-hybridized carbons (Fsp3) is 0.667. The molecular formula is C18H27Cl2NO. The predicted octanol–water partition coefficient (Wildman–Crippen LogP) is 4.79. The second kappa shape index (κ2) is 5.89. The molecule has 22 heavy (non-hydrogen) atoms. The zero-order chi connectivity index (χ0) is 15.4. The normalized spacial score (nSPS) is 29.6. The predicted molar refractivity (Wildman–Crippen MR) is 95.5 cm³/mol. The number of phenolic OH excluding ortho intramolecular Hbond substituents is 1. The first kappa shape index (κ1) is 17.9. The Labute approximate surface area is 145 Å². The van der Waals surface area contributed by atoms with E-state index in [0.29, 0.717) is 16.8 Å². The van der Waals surface area contributed by atoms with E-state index in [-0.39, 0.29) is 23.2 Å². The van der Waals surface area contributed by atoms with E-state index < -0.39 is 0 Å². The van der Waals surface area contributed by atoms with Gasteiger partial charge >= 0.3 is 0 Å². The standard InChI is InChI=1S/C18H26ClNO.ClH/c1-5-9-20-10-8-18(4)15(20)11-12-13(17(18,2)3)6-7-14(19)16(12)21;/h6-7,15,21H,5,8-11H2,1-4H3;1H. The monoisotopic (exact) mass is 343 g/mol. The molecule has 1 fully saturated rings. The zero-order valence-corrected chi connectivity index (χ0v) is 15.5. The lowest BCUT2D eigenvalue weighted by molar-refractivity contribution is 0.0792. The molecule has 0 amide bonds. The summed E-state index contributed by atoms with van der Waals surface area (Å²) in [6.45, 7) is 11.7. The van der Waals surface area contributed by atoms with E-state index >= 15 is 0 Å². The molecular weight excluding hydrogens is 317 g/mol. The summed E-state index contributed by atoms with van der Waals surface area (Å²) in [5.41, 5.74) is 2.66. The van der Waals surface area contributed by atoms with Gasteiger partial charge in [-0.3, -0.25) is 4.90 Å². The first-order valence-corrected chi connectivity index (χ1v) is 8.45. The first-order valence-electron chi connectivity index (χ1n) is 8.08. The highest BCUT2D eigenvalue weighted by Gasteiger charge is 2.56. The van der Waals surface area contributed by atoms with Crippen molar-refractivity contribution in [3.05, 3.63) is 28.3 Å². The van der Waals surface area contributed by atoms with Crippen LogP contribution >= 0.6 is 24.0 Å². The molecule has 0 bridgehead atoms. The number of benzene rings is 1. The van der Waals surface area contributed by atoms with Crippen LogP contribution in [0.25, 0.3) is 0 Å². The zero-order valence-electron chi connectivity index (χ0n) is 13.9. The van der Waals surface area contributed by atoms with Gasteiger partial charge in [0.25, 0.3) is 0 Å². The SMILES string of the molecule is CCCN1CCC2(C)C1Cc1c(ccc(Cl)c1O)C2(C)C.Cl. The minimum absolute atomic E-state index is 0. The molecule has 1 heterocycles. The van der Waals surface area contributed by atoms with Crippen LogP contribution in [0, 0.1) is 5.41 Å². The Bertz CT molecular complexity index is 572. The van der Waals surface area contributed by atoms with Crippen LogP contribution in [-0.2, 0) is 11.8 Å². The Kier molecular flexibility index (Phi) is 4.79. The van der Waals surface area contributed by atoms with Gasteiger partial charge in [0, 0.05) is 11.6 Å². The average Bonchev–Trinajstić information content (AvgIpc) is 2.75. The van der Waals surface area contributed by atoms with Crippen LogP contribution in [0.15, 0.2) is 12.1 Å². The van der Waals surface area contributed by atoms with E-state index in [2.05, 4.69) is 38.7 Å².